The topological polar surface area (TPSA) is 26.3 Å². The van der Waals surface area contributed by atoms with E-state index in [0.29, 0.717) is 21.2 Å². The fourth-order valence-corrected chi connectivity index (χ4v) is 3.25. The summed E-state index contributed by atoms with van der Waals surface area (Å²) in [4.78, 5) is 12.7. The minimum absolute atomic E-state index is 0.000781. The molecule has 1 atom stereocenters. The van der Waals surface area contributed by atoms with Crippen LogP contribution in [0.4, 0.5) is 0 Å². The largest absolute Gasteiger partial charge is 0.366 e. The Hall–Kier alpha value is -1.35. The van der Waals surface area contributed by atoms with Crippen LogP contribution in [0.25, 0.3) is 0 Å². The van der Waals surface area contributed by atoms with Gasteiger partial charge in [0, 0.05) is 21.7 Å². The standard InChI is InChI=1S/C17H14Cl2O2/c1-9(2)21-17-11-6-4-7-12(18)14(11)16(20)10-5-3-8-13(19)15(10)17/h3-9,17H,1-2H3. The van der Waals surface area contributed by atoms with Gasteiger partial charge in [-0.2, -0.15) is 0 Å². The molecule has 2 aromatic carbocycles. The van der Waals surface area contributed by atoms with Crippen molar-refractivity contribution in [2.75, 3.05) is 0 Å². The summed E-state index contributed by atoms with van der Waals surface area (Å²) in [7, 11) is 0. The number of carbonyl (C=O) groups is 1. The summed E-state index contributed by atoms with van der Waals surface area (Å²) in [6.45, 7) is 3.91. The van der Waals surface area contributed by atoms with Gasteiger partial charge in [0.1, 0.15) is 6.10 Å². The molecule has 1 aliphatic carbocycles. The summed E-state index contributed by atoms with van der Waals surface area (Å²) in [5.41, 5.74) is 2.59. The Morgan fingerprint density at radius 3 is 2.43 bits per heavy atom. The van der Waals surface area contributed by atoms with E-state index in [1.807, 2.05) is 26.0 Å². The highest BCUT2D eigenvalue weighted by molar-refractivity contribution is 6.36. The molecule has 0 aliphatic heterocycles. The van der Waals surface area contributed by atoms with Gasteiger partial charge in [0.25, 0.3) is 0 Å². The molecule has 0 saturated heterocycles. The number of carbonyl (C=O) groups excluding carboxylic acids is 1. The number of hydrogen-bond acceptors (Lipinski definition) is 2. The average molecular weight is 321 g/mol. The summed E-state index contributed by atoms with van der Waals surface area (Å²) in [6, 6.07) is 10.7. The van der Waals surface area contributed by atoms with Crippen molar-refractivity contribution in [3.8, 4) is 0 Å². The predicted octanol–water partition coefficient (Wildman–Crippen LogP) is 5.05. The monoisotopic (exact) mass is 320 g/mol. The van der Waals surface area contributed by atoms with Crippen LogP contribution in [0.2, 0.25) is 10.0 Å². The molecule has 0 bridgehead atoms. The van der Waals surface area contributed by atoms with Gasteiger partial charge in [-0.3, -0.25) is 4.79 Å². The molecule has 0 aromatic heterocycles. The van der Waals surface area contributed by atoms with Crippen LogP contribution >= 0.6 is 23.2 Å². The van der Waals surface area contributed by atoms with Crippen LogP contribution in [0, 0.1) is 0 Å². The first-order chi connectivity index (χ1) is 10.0. The third-order valence-corrected chi connectivity index (χ3v) is 4.17. The van der Waals surface area contributed by atoms with E-state index in [4.69, 9.17) is 27.9 Å². The molecule has 21 heavy (non-hydrogen) atoms. The van der Waals surface area contributed by atoms with Crippen LogP contribution in [0.5, 0.6) is 0 Å². The Bertz CT molecular complexity index is 723. The Kier molecular flexibility index (Phi) is 3.78. The van der Waals surface area contributed by atoms with E-state index < -0.39 is 0 Å². The van der Waals surface area contributed by atoms with Gasteiger partial charge in [0.2, 0.25) is 0 Å². The van der Waals surface area contributed by atoms with Gasteiger partial charge in [-0.25, -0.2) is 0 Å². The molecule has 2 nitrogen and oxygen atoms in total. The molecule has 0 heterocycles. The van der Waals surface area contributed by atoms with Crippen LogP contribution < -0.4 is 0 Å². The maximum absolute atomic E-state index is 12.7. The molecule has 0 N–H and O–H groups in total. The second-order valence-corrected chi connectivity index (χ2v) is 6.11. The van der Waals surface area contributed by atoms with Gasteiger partial charge in [0.05, 0.1) is 11.1 Å². The van der Waals surface area contributed by atoms with Crippen molar-refractivity contribution in [2.24, 2.45) is 0 Å². The first-order valence-electron chi connectivity index (χ1n) is 6.77. The normalized spacial score (nSPS) is 16.8. The number of benzene rings is 2. The molecule has 0 fully saturated rings. The Morgan fingerprint density at radius 2 is 1.71 bits per heavy atom. The van der Waals surface area contributed by atoms with E-state index in [9.17, 15) is 4.79 Å². The van der Waals surface area contributed by atoms with Crippen molar-refractivity contribution in [1.82, 2.24) is 0 Å². The summed E-state index contributed by atoms with van der Waals surface area (Å²) in [6.07, 6.45) is -0.376. The quantitative estimate of drug-likeness (QED) is 0.773. The second kappa shape index (κ2) is 5.45. The smallest absolute Gasteiger partial charge is 0.195 e. The fourth-order valence-electron chi connectivity index (χ4n) is 2.70. The van der Waals surface area contributed by atoms with E-state index in [1.165, 1.54) is 0 Å². The van der Waals surface area contributed by atoms with E-state index in [2.05, 4.69) is 0 Å². The molecule has 0 saturated carbocycles. The van der Waals surface area contributed by atoms with E-state index in [-0.39, 0.29) is 18.0 Å². The highest BCUT2D eigenvalue weighted by Crippen LogP contribution is 2.43. The molecule has 0 amide bonds. The molecule has 1 unspecified atom stereocenters. The molecule has 1 aliphatic rings. The molecule has 3 rings (SSSR count). The minimum atomic E-state index is -0.375. The molecule has 0 spiro atoms. The lowest BCUT2D eigenvalue weighted by molar-refractivity contribution is 0.0282. The second-order valence-electron chi connectivity index (χ2n) is 5.30. The number of hydrogen-bond donors (Lipinski definition) is 0. The third-order valence-electron chi connectivity index (χ3n) is 3.52. The number of halogens is 2. The zero-order chi connectivity index (χ0) is 15.1. The van der Waals surface area contributed by atoms with Crippen LogP contribution in [0.3, 0.4) is 0 Å². The number of rotatable bonds is 2. The first kappa shape index (κ1) is 14.6. The SMILES string of the molecule is CC(C)OC1c2cccc(Cl)c2C(=O)c2cccc(Cl)c21. The Balaban J connectivity index is 2.29. The van der Waals surface area contributed by atoms with Crippen molar-refractivity contribution < 1.29 is 9.53 Å². The maximum Gasteiger partial charge on any atom is 0.195 e. The zero-order valence-corrected chi connectivity index (χ0v) is 13.2. The van der Waals surface area contributed by atoms with E-state index in [0.717, 1.165) is 11.1 Å². The van der Waals surface area contributed by atoms with Gasteiger partial charge in [0.15, 0.2) is 5.78 Å². The molecule has 0 radical (unpaired) electrons. The molecular formula is C17H14Cl2O2. The minimum Gasteiger partial charge on any atom is -0.366 e. The van der Waals surface area contributed by atoms with Crippen LogP contribution in [0.15, 0.2) is 36.4 Å². The highest BCUT2D eigenvalue weighted by Gasteiger charge is 2.35. The zero-order valence-electron chi connectivity index (χ0n) is 11.7. The number of ketones is 1. The average Bonchev–Trinajstić information content (AvgIpc) is 2.43. The van der Waals surface area contributed by atoms with Gasteiger partial charge >= 0.3 is 0 Å². The van der Waals surface area contributed by atoms with E-state index in [1.54, 1.807) is 24.3 Å². The van der Waals surface area contributed by atoms with Crippen LogP contribution in [-0.2, 0) is 4.74 Å². The lowest BCUT2D eigenvalue weighted by Gasteiger charge is -2.30. The number of fused-ring (bicyclic) bond motifs is 2. The predicted molar refractivity (Wildman–Crippen MR) is 84.4 cm³/mol. The van der Waals surface area contributed by atoms with Crippen molar-refractivity contribution in [3.63, 3.8) is 0 Å². The van der Waals surface area contributed by atoms with Crippen molar-refractivity contribution in [3.05, 3.63) is 68.7 Å². The van der Waals surface area contributed by atoms with Crippen LogP contribution in [0.1, 0.15) is 47.0 Å². The third kappa shape index (κ3) is 2.38. The van der Waals surface area contributed by atoms with Crippen molar-refractivity contribution >= 4 is 29.0 Å². The molecular weight excluding hydrogens is 307 g/mol. The van der Waals surface area contributed by atoms with Gasteiger partial charge < -0.3 is 4.74 Å². The maximum atomic E-state index is 12.7. The lowest BCUT2D eigenvalue weighted by atomic mass is 9.82. The Labute approximate surface area is 133 Å². The molecule has 4 heteroatoms. The summed E-state index contributed by atoms with van der Waals surface area (Å²) < 4.78 is 6.03. The molecule has 108 valence electrons. The van der Waals surface area contributed by atoms with Gasteiger partial charge in [-0.05, 0) is 31.5 Å². The van der Waals surface area contributed by atoms with Gasteiger partial charge in [-0.1, -0.05) is 47.5 Å². The van der Waals surface area contributed by atoms with Crippen LogP contribution in [-0.4, -0.2) is 11.9 Å². The van der Waals surface area contributed by atoms with Gasteiger partial charge in [-0.15, -0.1) is 0 Å². The summed E-state index contributed by atoms with van der Waals surface area (Å²) in [5, 5.41) is 0.984. The lowest BCUT2D eigenvalue weighted by Crippen LogP contribution is -2.24. The fraction of sp³-hybridized carbons (Fsp3) is 0.235. The van der Waals surface area contributed by atoms with Crippen molar-refractivity contribution in [2.45, 2.75) is 26.1 Å². The summed E-state index contributed by atoms with van der Waals surface area (Å²) in [5.74, 6) is -0.100. The summed E-state index contributed by atoms with van der Waals surface area (Å²) >= 11 is 12.6. The Morgan fingerprint density at radius 1 is 1.05 bits per heavy atom. The van der Waals surface area contributed by atoms with Crippen molar-refractivity contribution in [1.29, 1.82) is 0 Å². The molecule has 2 aromatic rings. The highest BCUT2D eigenvalue weighted by atomic mass is 35.5. The number of ether oxygens (including phenoxy) is 1. The first-order valence-corrected chi connectivity index (χ1v) is 7.53. The van der Waals surface area contributed by atoms with E-state index >= 15 is 0 Å².